The van der Waals surface area contributed by atoms with Gasteiger partial charge < -0.3 is 9.84 Å². The number of carboxylic acids is 1. The molecule has 0 amide bonds. The lowest BCUT2D eigenvalue weighted by Gasteiger charge is -2.41. The number of hydrogen-bond acceptors (Lipinski definition) is 3. The molecular weight excluding hydrogens is 230 g/mol. The van der Waals surface area contributed by atoms with Gasteiger partial charge in [-0.15, -0.1) is 0 Å². The third kappa shape index (κ3) is 2.05. The number of hydrogen-bond donors (Lipinski definition) is 1. The summed E-state index contributed by atoms with van der Waals surface area (Å²) in [6.45, 7) is 2.78. The summed E-state index contributed by atoms with van der Waals surface area (Å²) >= 11 is 0. The highest BCUT2D eigenvalue weighted by Gasteiger charge is 2.46. The summed E-state index contributed by atoms with van der Waals surface area (Å²) in [4.78, 5) is 14.0. The van der Waals surface area contributed by atoms with Gasteiger partial charge in [0.15, 0.2) is 0 Å². The molecule has 18 heavy (non-hydrogen) atoms. The molecular formula is C14H23NO3. The van der Waals surface area contributed by atoms with Crippen molar-refractivity contribution in [3.05, 3.63) is 0 Å². The highest BCUT2D eigenvalue weighted by Crippen LogP contribution is 2.39. The number of rotatable bonds is 3. The van der Waals surface area contributed by atoms with E-state index in [1.165, 1.54) is 32.1 Å². The number of carbonyl (C=O) groups is 1. The number of fused-ring (bicyclic) bond motifs is 1. The SMILES string of the molecule is O=C(O)C1(CN2CCCC3CCCC32)CCOC1. The summed E-state index contributed by atoms with van der Waals surface area (Å²) in [6, 6.07) is 0.649. The molecule has 2 aliphatic heterocycles. The maximum Gasteiger partial charge on any atom is 0.313 e. The monoisotopic (exact) mass is 253 g/mol. The zero-order valence-corrected chi connectivity index (χ0v) is 10.9. The van der Waals surface area contributed by atoms with Crippen LogP contribution in [0.15, 0.2) is 0 Å². The van der Waals surface area contributed by atoms with E-state index in [1.807, 2.05) is 0 Å². The van der Waals surface area contributed by atoms with Gasteiger partial charge in [0.05, 0.1) is 6.61 Å². The first-order valence-corrected chi connectivity index (χ1v) is 7.26. The quantitative estimate of drug-likeness (QED) is 0.832. The fraction of sp³-hybridized carbons (Fsp3) is 0.929. The smallest absolute Gasteiger partial charge is 0.313 e. The molecule has 102 valence electrons. The van der Waals surface area contributed by atoms with Gasteiger partial charge in [-0.25, -0.2) is 0 Å². The molecule has 4 heteroatoms. The standard InChI is InChI=1S/C14H23NO3/c16-13(17)14(6-8-18-10-14)9-15-7-2-4-11-3-1-5-12(11)15/h11-12H,1-10H2,(H,16,17). The normalized spacial score (nSPS) is 40.9. The largest absolute Gasteiger partial charge is 0.481 e. The lowest BCUT2D eigenvalue weighted by molar-refractivity contribution is -0.151. The molecule has 3 aliphatic rings. The number of aliphatic carboxylic acids is 1. The molecule has 3 rings (SSSR count). The molecule has 3 unspecified atom stereocenters. The maximum absolute atomic E-state index is 11.6. The number of carboxylic acid groups (broad SMARTS) is 1. The minimum absolute atomic E-state index is 0.399. The minimum Gasteiger partial charge on any atom is -0.481 e. The summed E-state index contributed by atoms with van der Waals surface area (Å²) in [6.07, 6.45) is 7.19. The predicted octanol–water partition coefficient (Wildman–Crippen LogP) is 1.74. The van der Waals surface area contributed by atoms with Gasteiger partial charge in [0.2, 0.25) is 0 Å². The van der Waals surface area contributed by atoms with Crippen molar-refractivity contribution in [1.29, 1.82) is 0 Å². The van der Waals surface area contributed by atoms with Crippen LogP contribution in [-0.2, 0) is 9.53 Å². The van der Waals surface area contributed by atoms with E-state index in [0.29, 0.717) is 32.2 Å². The molecule has 0 aromatic carbocycles. The van der Waals surface area contributed by atoms with Crippen LogP contribution in [0, 0.1) is 11.3 Å². The highest BCUT2D eigenvalue weighted by atomic mass is 16.5. The van der Waals surface area contributed by atoms with Gasteiger partial charge in [-0.1, -0.05) is 6.42 Å². The molecule has 0 spiro atoms. The minimum atomic E-state index is -0.667. The van der Waals surface area contributed by atoms with Crippen LogP contribution in [0.1, 0.15) is 38.5 Å². The first kappa shape index (κ1) is 12.4. The van der Waals surface area contributed by atoms with Gasteiger partial charge in [0, 0.05) is 19.2 Å². The van der Waals surface area contributed by atoms with Crippen LogP contribution < -0.4 is 0 Å². The van der Waals surface area contributed by atoms with Crippen LogP contribution in [0.25, 0.3) is 0 Å². The maximum atomic E-state index is 11.6. The zero-order chi connectivity index (χ0) is 12.6. The van der Waals surface area contributed by atoms with Crippen molar-refractivity contribution in [2.24, 2.45) is 11.3 Å². The molecule has 0 radical (unpaired) electrons. The molecule has 1 aliphatic carbocycles. The first-order valence-electron chi connectivity index (χ1n) is 7.26. The Morgan fingerprint density at radius 2 is 2.17 bits per heavy atom. The van der Waals surface area contributed by atoms with Crippen molar-refractivity contribution in [2.45, 2.75) is 44.6 Å². The van der Waals surface area contributed by atoms with Crippen molar-refractivity contribution < 1.29 is 14.6 Å². The van der Waals surface area contributed by atoms with Gasteiger partial charge in [0.25, 0.3) is 0 Å². The Morgan fingerprint density at radius 1 is 1.33 bits per heavy atom. The highest BCUT2D eigenvalue weighted by molar-refractivity contribution is 5.75. The predicted molar refractivity (Wildman–Crippen MR) is 67.4 cm³/mol. The molecule has 3 atom stereocenters. The lowest BCUT2D eigenvalue weighted by atomic mass is 9.84. The third-order valence-corrected chi connectivity index (χ3v) is 5.17. The molecule has 1 saturated carbocycles. The summed E-state index contributed by atoms with van der Waals surface area (Å²) in [5.74, 6) is 0.159. The van der Waals surface area contributed by atoms with Crippen molar-refractivity contribution in [1.82, 2.24) is 4.90 Å². The molecule has 4 nitrogen and oxygen atoms in total. The van der Waals surface area contributed by atoms with E-state index in [1.54, 1.807) is 0 Å². The van der Waals surface area contributed by atoms with E-state index < -0.39 is 11.4 Å². The second-order valence-electron chi connectivity index (χ2n) is 6.26. The summed E-state index contributed by atoms with van der Waals surface area (Å²) in [7, 11) is 0. The van der Waals surface area contributed by atoms with E-state index in [2.05, 4.69) is 4.90 Å². The van der Waals surface area contributed by atoms with Crippen molar-refractivity contribution >= 4 is 5.97 Å². The number of ether oxygens (including phenoxy) is 1. The Kier molecular flexibility index (Phi) is 3.32. The van der Waals surface area contributed by atoms with E-state index in [0.717, 1.165) is 12.5 Å². The van der Waals surface area contributed by atoms with Crippen LogP contribution in [0.2, 0.25) is 0 Å². The van der Waals surface area contributed by atoms with E-state index in [9.17, 15) is 9.90 Å². The molecule has 2 heterocycles. The molecule has 3 fully saturated rings. The van der Waals surface area contributed by atoms with Gasteiger partial charge in [-0.05, 0) is 44.6 Å². The summed E-state index contributed by atoms with van der Waals surface area (Å²) < 4.78 is 5.37. The Bertz CT molecular complexity index is 325. The van der Waals surface area contributed by atoms with E-state index >= 15 is 0 Å². The van der Waals surface area contributed by atoms with E-state index in [4.69, 9.17) is 4.74 Å². The van der Waals surface area contributed by atoms with Gasteiger partial charge in [-0.2, -0.15) is 0 Å². The number of piperidine rings is 1. The first-order chi connectivity index (χ1) is 8.71. The fourth-order valence-corrected chi connectivity index (χ4v) is 4.11. The number of nitrogens with zero attached hydrogens (tertiary/aromatic N) is 1. The van der Waals surface area contributed by atoms with Crippen LogP contribution in [0.3, 0.4) is 0 Å². The van der Waals surface area contributed by atoms with Crippen LogP contribution in [0.5, 0.6) is 0 Å². The topological polar surface area (TPSA) is 49.8 Å². The second-order valence-corrected chi connectivity index (χ2v) is 6.26. The number of likely N-dealkylation sites (tertiary alicyclic amines) is 1. The van der Waals surface area contributed by atoms with Crippen LogP contribution in [0.4, 0.5) is 0 Å². The molecule has 2 saturated heterocycles. The van der Waals surface area contributed by atoms with Crippen LogP contribution in [-0.4, -0.2) is 48.3 Å². The summed E-state index contributed by atoms with van der Waals surface area (Å²) in [5, 5.41) is 9.53. The zero-order valence-electron chi connectivity index (χ0n) is 10.9. The second kappa shape index (κ2) is 4.82. The summed E-state index contributed by atoms with van der Waals surface area (Å²) in [5.41, 5.74) is -0.634. The Hall–Kier alpha value is -0.610. The van der Waals surface area contributed by atoms with Crippen molar-refractivity contribution in [3.8, 4) is 0 Å². The lowest BCUT2D eigenvalue weighted by Crippen LogP contribution is -2.50. The van der Waals surface area contributed by atoms with E-state index in [-0.39, 0.29) is 0 Å². The third-order valence-electron chi connectivity index (χ3n) is 5.17. The van der Waals surface area contributed by atoms with Gasteiger partial charge in [-0.3, -0.25) is 9.69 Å². The van der Waals surface area contributed by atoms with Crippen molar-refractivity contribution in [3.63, 3.8) is 0 Å². The average molecular weight is 253 g/mol. The van der Waals surface area contributed by atoms with Crippen LogP contribution >= 0.6 is 0 Å². The average Bonchev–Trinajstić information content (AvgIpc) is 2.98. The molecule has 0 bridgehead atoms. The van der Waals surface area contributed by atoms with Gasteiger partial charge in [0.1, 0.15) is 5.41 Å². The van der Waals surface area contributed by atoms with Crippen molar-refractivity contribution in [2.75, 3.05) is 26.3 Å². The fourth-order valence-electron chi connectivity index (χ4n) is 4.11. The Morgan fingerprint density at radius 3 is 2.89 bits per heavy atom. The molecule has 0 aromatic heterocycles. The van der Waals surface area contributed by atoms with Gasteiger partial charge >= 0.3 is 5.97 Å². The Labute approximate surface area is 108 Å². The Balaban J connectivity index is 1.72. The molecule has 1 N–H and O–H groups in total. The molecule has 0 aromatic rings.